The van der Waals surface area contributed by atoms with Gasteiger partial charge >= 0.3 is 0 Å². The standard InChI is InChI=1S/C19H20N4O2/c20-12-15(19(24)22-14-18-4-3-11-25-18)13-21-16-5-7-17(8-6-16)23-9-1-2-10-23/h3-8,11,13,21H,1-2,9-10,14H2,(H,22,24)/b15-13+. The van der Waals surface area contributed by atoms with Crippen molar-refractivity contribution < 1.29 is 9.21 Å². The highest BCUT2D eigenvalue weighted by atomic mass is 16.3. The average Bonchev–Trinajstić information content (AvgIpc) is 3.35. The fourth-order valence-corrected chi connectivity index (χ4v) is 2.72. The van der Waals surface area contributed by atoms with Gasteiger partial charge in [-0.2, -0.15) is 5.26 Å². The molecule has 25 heavy (non-hydrogen) atoms. The Balaban J connectivity index is 1.56. The van der Waals surface area contributed by atoms with Crippen LogP contribution in [0.3, 0.4) is 0 Å². The van der Waals surface area contributed by atoms with Crippen LogP contribution in [0, 0.1) is 11.3 Å². The van der Waals surface area contributed by atoms with Gasteiger partial charge in [-0.1, -0.05) is 0 Å². The van der Waals surface area contributed by atoms with E-state index >= 15 is 0 Å². The van der Waals surface area contributed by atoms with Crippen molar-refractivity contribution in [2.24, 2.45) is 0 Å². The number of carbonyl (C=O) groups excluding carboxylic acids is 1. The minimum atomic E-state index is -0.444. The van der Waals surface area contributed by atoms with Gasteiger partial charge in [-0.05, 0) is 49.2 Å². The van der Waals surface area contributed by atoms with Gasteiger partial charge in [0.05, 0.1) is 12.8 Å². The zero-order chi connectivity index (χ0) is 17.5. The Kier molecular flexibility index (Phi) is 5.37. The monoisotopic (exact) mass is 336 g/mol. The van der Waals surface area contributed by atoms with Crippen LogP contribution in [-0.4, -0.2) is 19.0 Å². The Labute approximate surface area is 146 Å². The zero-order valence-electron chi connectivity index (χ0n) is 13.9. The Hall–Kier alpha value is -3.20. The number of furan rings is 1. The molecular weight excluding hydrogens is 316 g/mol. The molecule has 1 aliphatic rings. The van der Waals surface area contributed by atoms with Crippen molar-refractivity contribution in [1.29, 1.82) is 5.26 Å². The number of nitrogens with zero attached hydrogens (tertiary/aromatic N) is 2. The van der Waals surface area contributed by atoms with E-state index in [-0.39, 0.29) is 12.1 Å². The van der Waals surface area contributed by atoms with Crippen LogP contribution in [-0.2, 0) is 11.3 Å². The van der Waals surface area contributed by atoms with Gasteiger partial charge in [0.2, 0.25) is 0 Å². The maximum Gasteiger partial charge on any atom is 0.263 e. The second-order valence-corrected chi connectivity index (χ2v) is 5.82. The molecule has 6 nitrogen and oxygen atoms in total. The second-order valence-electron chi connectivity index (χ2n) is 5.82. The van der Waals surface area contributed by atoms with E-state index in [0.717, 1.165) is 18.8 Å². The Morgan fingerprint density at radius 1 is 1.24 bits per heavy atom. The summed E-state index contributed by atoms with van der Waals surface area (Å²) < 4.78 is 5.14. The predicted molar refractivity (Wildman–Crippen MR) is 95.8 cm³/mol. The van der Waals surface area contributed by atoms with Crippen molar-refractivity contribution in [1.82, 2.24) is 5.32 Å². The summed E-state index contributed by atoms with van der Waals surface area (Å²) in [5.41, 5.74) is 2.04. The molecule has 0 radical (unpaired) electrons. The Morgan fingerprint density at radius 2 is 2.00 bits per heavy atom. The highest BCUT2D eigenvalue weighted by Crippen LogP contribution is 2.22. The van der Waals surface area contributed by atoms with Crippen LogP contribution < -0.4 is 15.5 Å². The lowest BCUT2D eigenvalue weighted by molar-refractivity contribution is -0.117. The Morgan fingerprint density at radius 3 is 2.64 bits per heavy atom. The quantitative estimate of drug-likeness (QED) is 0.626. The van der Waals surface area contributed by atoms with Crippen molar-refractivity contribution in [2.75, 3.05) is 23.3 Å². The van der Waals surface area contributed by atoms with E-state index in [1.807, 2.05) is 30.3 Å². The molecule has 0 spiro atoms. The van der Waals surface area contributed by atoms with E-state index in [9.17, 15) is 10.1 Å². The summed E-state index contributed by atoms with van der Waals surface area (Å²) in [5.74, 6) is 0.191. The van der Waals surface area contributed by atoms with Crippen LogP contribution >= 0.6 is 0 Å². The van der Waals surface area contributed by atoms with E-state index in [4.69, 9.17) is 4.42 Å². The minimum absolute atomic E-state index is 0.00942. The van der Waals surface area contributed by atoms with Crippen molar-refractivity contribution in [3.05, 3.63) is 60.2 Å². The SMILES string of the molecule is N#C/C(=C\Nc1ccc(N2CCCC2)cc1)C(=O)NCc1ccco1. The molecule has 2 heterocycles. The highest BCUT2D eigenvalue weighted by Gasteiger charge is 2.12. The van der Waals surface area contributed by atoms with Crippen molar-refractivity contribution in [3.63, 3.8) is 0 Å². The van der Waals surface area contributed by atoms with Crippen LogP contribution in [0.5, 0.6) is 0 Å². The average molecular weight is 336 g/mol. The molecular formula is C19H20N4O2. The van der Waals surface area contributed by atoms with Gasteiger partial charge in [-0.25, -0.2) is 0 Å². The van der Waals surface area contributed by atoms with E-state index in [1.165, 1.54) is 31.0 Å². The summed E-state index contributed by atoms with van der Waals surface area (Å²) in [5, 5.41) is 14.8. The first kappa shape index (κ1) is 16.7. The molecule has 0 atom stereocenters. The van der Waals surface area contributed by atoms with Crippen LogP contribution in [0.4, 0.5) is 11.4 Å². The molecule has 128 valence electrons. The molecule has 6 heteroatoms. The molecule has 2 N–H and O–H groups in total. The normalized spacial score (nSPS) is 14.2. The van der Waals surface area contributed by atoms with Gasteiger partial charge in [0, 0.05) is 30.7 Å². The molecule has 0 unspecified atom stereocenters. The topological polar surface area (TPSA) is 81.3 Å². The van der Waals surface area contributed by atoms with Crippen LogP contribution in [0.25, 0.3) is 0 Å². The number of benzene rings is 1. The summed E-state index contributed by atoms with van der Waals surface area (Å²) in [6.07, 6.45) is 5.43. The molecule has 1 fully saturated rings. The van der Waals surface area contributed by atoms with Crippen molar-refractivity contribution in [3.8, 4) is 6.07 Å². The van der Waals surface area contributed by atoms with Gasteiger partial charge in [0.15, 0.2) is 0 Å². The largest absolute Gasteiger partial charge is 0.467 e. The van der Waals surface area contributed by atoms with Crippen LogP contribution in [0.2, 0.25) is 0 Å². The Bertz CT molecular complexity index is 767. The molecule has 0 bridgehead atoms. The van der Waals surface area contributed by atoms with Crippen molar-refractivity contribution in [2.45, 2.75) is 19.4 Å². The molecule has 3 rings (SSSR count). The number of anilines is 2. The minimum Gasteiger partial charge on any atom is -0.467 e. The lowest BCUT2D eigenvalue weighted by atomic mass is 10.2. The molecule has 1 aromatic carbocycles. The van der Waals surface area contributed by atoms with E-state index in [2.05, 4.69) is 15.5 Å². The predicted octanol–water partition coefficient (Wildman–Crippen LogP) is 3.02. The van der Waals surface area contributed by atoms with Gasteiger partial charge < -0.3 is 20.0 Å². The van der Waals surface area contributed by atoms with Gasteiger partial charge in [0.1, 0.15) is 17.4 Å². The van der Waals surface area contributed by atoms with Crippen molar-refractivity contribution >= 4 is 17.3 Å². The maximum atomic E-state index is 12.0. The molecule has 1 amide bonds. The van der Waals surface area contributed by atoms with Crippen LogP contribution in [0.15, 0.2) is 58.9 Å². The molecule has 0 aliphatic carbocycles. The summed E-state index contributed by atoms with van der Waals surface area (Å²) in [4.78, 5) is 14.4. The molecule has 1 saturated heterocycles. The first-order valence-corrected chi connectivity index (χ1v) is 8.28. The number of amides is 1. The lowest BCUT2D eigenvalue weighted by Crippen LogP contribution is -2.24. The van der Waals surface area contributed by atoms with E-state index in [0.29, 0.717) is 5.76 Å². The molecule has 1 aliphatic heterocycles. The number of rotatable bonds is 6. The van der Waals surface area contributed by atoms with E-state index in [1.54, 1.807) is 12.1 Å². The van der Waals surface area contributed by atoms with Crippen LogP contribution in [0.1, 0.15) is 18.6 Å². The summed E-state index contributed by atoms with van der Waals surface area (Å²) >= 11 is 0. The fourth-order valence-electron chi connectivity index (χ4n) is 2.72. The van der Waals surface area contributed by atoms with Gasteiger partial charge in [0.25, 0.3) is 5.91 Å². The second kappa shape index (κ2) is 8.06. The summed E-state index contributed by atoms with van der Waals surface area (Å²) in [6.45, 7) is 2.44. The highest BCUT2D eigenvalue weighted by molar-refractivity contribution is 5.97. The van der Waals surface area contributed by atoms with E-state index < -0.39 is 5.91 Å². The summed E-state index contributed by atoms with van der Waals surface area (Å²) in [6, 6.07) is 13.4. The van der Waals surface area contributed by atoms with Gasteiger partial charge in [-0.3, -0.25) is 4.79 Å². The molecule has 1 aromatic heterocycles. The molecule has 2 aromatic rings. The third-order valence-corrected chi connectivity index (χ3v) is 4.09. The summed E-state index contributed by atoms with van der Waals surface area (Å²) in [7, 11) is 0. The van der Waals surface area contributed by atoms with Gasteiger partial charge in [-0.15, -0.1) is 0 Å². The smallest absolute Gasteiger partial charge is 0.263 e. The molecule has 0 saturated carbocycles. The number of hydrogen-bond acceptors (Lipinski definition) is 5. The number of carbonyl (C=O) groups is 1. The fraction of sp³-hybridized carbons (Fsp3) is 0.263. The maximum absolute atomic E-state index is 12.0. The number of nitrogens with one attached hydrogen (secondary N) is 2. The first-order chi connectivity index (χ1) is 12.3. The number of nitriles is 1. The number of hydrogen-bond donors (Lipinski definition) is 2. The lowest BCUT2D eigenvalue weighted by Gasteiger charge is -2.17. The first-order valence-electron chi connectivity index (χ1n) is 8.28. The zero-order valence-corrected chi connectivity index (χ0v) is 13.9. The third kappa shape index (κ3) is 4.42. The third-order valence-electron chi connectivity index (χ3n) is 4.09.